The molecule has 0 spiro atoms. The van der Waals surface area contributed by atoms with Crippen LogP contribution in [0.4, 0.5) is 5.69 Å². The van der Waals surface area contributed by atoms with E-state index in [0.29, 0.717) is 5.75 Å². The largest absolute Gasteiger partial charge is 0.497 e. The summed E-state index contributed by atoms with van der Waals surface area (Å²) in [5.41, 5.74) is 4.36. The fourth-order valence-electron chi connectivity index (χ4n) is 3.20. The molecule has 2 aromatic carbocycles. The highest BCUT2D eigenvalue weighted by Crippen LogP contribution is 2.20. The molecular weight excluding hydrogens is 396 g/mol. The van der Waals surface area contributed by atoms with Crippen molar-refractivity contribution in [1.82, 2.24) is 14.8 Å². The molecule has 0 aliphatic heterocycles. The summed E-state index contributed by atoms with van der Waals surface area (Å²) >= 11 is 1.40. The number of thioether (sulfide) groups is 1. The molecule has 6 nitrogen and oxygen atoms in total. The number of carbonyl (C=O) groups is 1. The summed E-state index contributed by atoms with van der Waals surface area (Å²) in [6.07, 6.45) is 2.79. The molecule has 30 heavy (non-hydrogen) atoms. The van der Waals surface area contributed by atoms with Crippen LogP contribution in [0.1, 0.15) is 28.9 Å². The number of benzene rings is 2. The molecule has 1 amide bonds. The Morgan fingerprint density at radius 2 is 1.87 bits per heavy atom. The molecule has 0 aliphatic carbocycles. The minimum Gasteiger partial charge on any atom is -0.497 e. The quantitative estimate of drug-likeness (QED) is 0.517. The maximum absolute atomic E-state index is 12.3. The van der Waals surface area contributed by atoms with E-state index in [-0.39, 0.29) is 5.91 Å². The molecule has 3 rings (SSSR count). The summed E-state index contributed by atoms with van der Waals surface area (Å²) in [6, 6.07) is 14.1. The molecule has 0 bridgehead atoms. The van der Waals surface area contributed by atoms with Crippen LogP contribution in [0.3, 0.4) is 0 Å². The van der Waals surface area contributed by atoms with E-state index < -0.39 is 0 Å². The van der Waals surface area contributed by atoms with Crippen molar-refractivity contribution < 1.29 is 9.53 Å². The maximum atomic E-state index is 12.3. The van der Waals surface area contributed by atoms with Gasteiger partial charge in [-0.15, -0.1) is 10.2 Å². The van der Waals surface area contributed by atoms with Crippen molar-refractivity contribution >= 4 is 23.4 Å². The van der Waals surface area contributed by atoms with Gasteiger partial charge in [0.05, 0.1) is 12.9 Å². The van der Waals surface area contributed by atoms with Crippen LogP contribution in [0.15, 0.2) is 47.6 Å². The molecule has 0 fully saturated rings. The molecule has 0 unspecified atom stereocenters. The molecule has 1 aromatic heterocycles. The van der Waals surface area contributed by atoms with Crippen LogP contribution >= 0.6 is 11.8 Å². The number of nitrogens with zero attached hydrogens (tertiary/aromatic N) is 3. The maximum Gasteiger partial charge on any atom is 0.234 e. The third-order valence-electron chi connectivity index (χ3n) is 4.94. The standard InChI is InChI=1S/C23H28N4O2S/c1-16-8-13-20(17(2)14-16)24-22(28)15-30-23-26-25-21(27(23)3)7-5-6-18-9-11-19(29-4)12-10-18/h8-14H,5-7,15H2,1-4H3,(H,24,28). The second-order valence-corrected chi connectivity index (χ2v) is 8.26. The first kappa shape index (κ1) is 21.9. The molecule has 0 aliphatic rings. The Labute approximate surface area is 182 Å². The number of hydrogen-bond donors (Lipinski definition) is 1. The average molecular weight is 425 g/mol. The highest BCUT2D eigenvalue weighted by atomic mass is 32.2. The molecule has 1 N–H and O–H groups in total. The van der Waals surface area contributed by atoms with Gasteiger partial charge < -0.3 is 14.6 Å². The van der Waals surface area contributed by atoms with Crippen LogP contribution in [0, 0.1) is 13.8 Å². The minimum atomic E-state index is -0.0454. The smallest absolute Gasteiger partial charge is 0.234 e. The highest BCUT2D eigenvalue weighted by molar-refractivity contribution is 7.99. The number of aryl methyl sites for hydroxylation is 4. The van der Waals surface area contributed by atoms with Crippen LogP contribution in [-0.2, 0) is 24.7 Å². The lowest BCUT2D eigenvalue weighted by Gasteiger charge is -2.09. The predicted octanol–water partition coefficient (Wildman–Crippen LogP) is 4.35. The number of aromatic nitrogens is 3. The number of anilines is 1. The van der Waals surface area contributed by atoms with Crippen LogP contribution in [0.2, 0.25) is 0 Å². The van der Waals surface area contributed by atoms with Gasteiger partial charge in [-0.2, -0.15) is 0 Å². The monoisotopic (exact) mass is 424 g/mol. The van der Waals surface area contributed by atoms with Gasteiger partial charge in [-0.3, -0.25) is 4.79 Å². The van der Waals surface area contributed by atoms with Crippen molar-refractivity contribution in [2.75, 3.05) is 18.2 Å². The van der Waals surface area contributed by atoms with Crippen LogP contribution in [0.5, 0.6) is 5.75 Å². The van der Waals surface area contributed by atoms with Gasteiger partial charge in [0, 0.05) is 19.2 Å². The zero-order chi connectivity index (χ0) is 21.5. The van der Waals surface area contributed by atoms with Crippen molar-refractivity contribution in [3.63, 3.8) is 0 Å². The average Bonchev–Trinajstić information content (AvgIpc) is 3.09. The molecule has 0 atom stereocenters. The SMILES string of the molecule is COc1ccc(CCCc2nnc(SCC(=O)Nc3ccc(C)cc3C)n2C)cc1. The number of amides is 1. The van der Waals surface area contributed by atoms with Gasteiger partial charge in [-0.1, -0.05) is 41.6 Å². The molecule has 158 valence electrons. The summed E-state index contributed by atoms with van der Waals surface area (Å²) in [4.78, 5) is 12.3. The third-order valence-corrected chi connectivity index (χ3v) is 5.96. The minimum absolute atomic E-state index is 0.0454. The predicted molar refractivity (Wildman–Crippen MR) is 121 cm³/mol. The van der Waals surface area contributed by atoms with Crippen molar-refractivity contribution in [2.24, 2.45) is 7.05 Å². The van der Waals surface area contributed by atoms with Crippen LogP contribution < -0.4 is 10.1 Å². The first-order chi connectivity index (χ1) is 14.5. The summed E-state index contributed by atoms with van der Waals surface area (Å²) in [5, 5.41) is 12.3. The Bertz CT molecular complexity index is 999. The van der Waals surface area contributed by atoms with Gasteiger partial charge in [-0.25, -0.2) is 0 Å². The summed E-state index contributed by atoms with van der Waals surface area (Å²) in [5.74, 6) is 2.05. The Hall–Kier alpha value is -2.80. The fourth-order valence-corrected chi connectivity index (χ4v) is 3.93. The lowest BCUT2D eigenvalue weighted by atomic mass is 10.1. The molecule has 7 heteroatoms. The van der Waals surface area contributed by atoms with Crippen molar-refractivity contribution in [3.05, 3.63) is 65.0 Å². The van der Waals surface area contributed by atoms with Gasteiger partial charge in [0.25, 0.3) is 0 Å². The van der Waals surface area contributed by atoms with Crippen LogP contribution in [-0.4, -0.2) is 33.5 Å². The number of hydrogen-bond acceptors (Lipinski definition) is 5. The van der Waals surface area contributed by atoms with Gasteiger partial charge >= 0.3 is 0 Å². The van der Waals surface area contributed by atoms with E-state index >= 15 is 0 Å². The lowest BCUT2D eigenvalue weighted by Crippen LogP contribution is -2.15. The number of methoxy groups -OCH3 is 1. The van der Waals surface area contributed by atoms with E-state index in [4.69, 9.17) is 4.74 Å². The Morgan fingerprint density at radius 1 is 1.10 bits per heavy atom. The van der Waals surface area contributed by atoms with E-state index in [1.54, 1.807) is 7.11 Å². The van der Waals surface area contributed by atoms with Gasteiger partial charge in [0.1, 0.15) is 11.6 Å². The zero-order valence-electron chi connectivity index (χ0n) is 17.9. The molecule has 0 saturated heterocycles. The van der Waals surface area contributed by atoms with E-state index in [1.165, 1.54) is 22.9 Å². The van der Waals surface area contributed by atoms with Gasteiger partial charge in [0.2, 0.25) is 5.91 Å². The van der Waals surface area contributed by atoms with E-state index in [9.17, 15) is 4.79 Å². The van der Waals surface area contributed by atoms with Crippen molar-refractivity contribution in [1.29, 1.82) is 0 Å². The normalized spacial score (nSPS) is 10.8. The van der Waals surface area contributed by atoms with Gasteiger partial charge in [0.15, 0.2) is 5.16 Å². The summed E-state index contributed by atoms with van der Waals surface area (Å²) < 4.78 is 7.17. The molecule has 0 saturated carbocycles. The Morgan fingerprint density at radius 3 is 2.57 bits per heavy atom. The van der Waals surface area contributed by atoms with Crippen LogP contribution in [0.25, 0.3) is 0 Å². The third kappa shape index (κ3) is 5.86. The first-order valence-electron chi connectivity index (χ1n) is 9.97. The summed E-state index contributed by atoms with van der Waals surface area (Å²) in [7, 11) is 3.62. The number of nitrogens with one attached hydrogen (secondary N) is 1. The lowest BCUT2D eigenvalue weighted by molar-refractivity contribution is -0.113. The molecule has 3 aromatic rings. The Kier molecular flexibility index (Phi) is 7.52. The Balaban J connectivity index is 1.47. The van der Waals surface area contributed by atoms with E-state index in [1.807, 2.05) is 49.7 Å². The topological polar surface area (TPSA) is 69.0 Å². The molecule has 0 radical (unpaired) electrons. The molecular formula is C23H28N4O2S. The second kappa shape index (κ2) is 10.3. The second-order valence-electron chi connectivity index (χ2n) is 7.31. The van der Waals surface area contributed by atoms with E-state index in [2.05, 4.69) is 33.7 Å². The molecule has 1 heterocycles. The first-order valence-corrected chi connectivity index (χ1v) is 11.0. The highest BCUT2D eigenvalue weighted by Gasteiger charge is 2.12. The van der Waals surface area contributed by atoms with Crippen molar-refractivity contribution in [3.8, 4) is 5.75 Å². The fraction of sp³-hybridized carbons (Fsp3) is 0.348. The van der Waals surface area contributed by atoms with E-state index in [0.717, 1.165) is 47.2 Å². The number of carbonyl (C=O) groups excluding carboxylic acids is 1. The van der Waals surface area contributed by atoms with Crippen molar-refractivity contribution in [2.45, 2.75) is 38.3 Å². The van der Waals surface area contributed by atoms with Gasteiger partial charge in [-0.05, 0) is 56.0 Å². The summed E-state index contributed by atoms with van der Waals surface area (Å²) in [6.45, 7) is 4.04. The number of ether oxygens (including phenoxy) is 1. The number of rotatable bonds is 9. The zero-order valence-corrected chi connectivity index (χ0v) is 18.8.